The van der Waals surface area contributed by atoms with Crippen LogP contribution < -0.4 is 0 Å². The first-order valence-corrected chi connectivity index (χ1v) is 6.69. The molecule has 3 aromatic rings. The Labute approximate surface area is 117 Å². The van der Waals surface area contributed by atoms with E-state index < -0.39 is 0 Å². The van der Waals surface area contributed by atoms with Crippen LogP contribution in [-0.2, 0) is 6.42 Å². The van der Waals surface area contributed by atoms with Crippen LogP contribution >= 0.6 is 0 Å². The summed E-state index contributed by atoms with van der Waals surface area (Å²) in [7, 11) is 0. The summed E-state index contributed by atoms with van der Waals surface area (Å²) in [6, 6.07) is 8.21. The first-order chi connectivity index (χ1) is 9.74. The third-order valence-corrected chi connectivity index (χ3v) is 3.30. The standard InChI is InChI=1S/C15H17N5/c1-11-9-13(19-18-11)10-12(2)20-8-7-17-15(20)14-5-3-4-6-16-14/h3-9,12H,10H2,1-2H3,(H,18,19)/t12-/m1/s1. The van der Waals surface area contributed by atoms with Crippen molar-refractivity contribution in [1.82, 2.24) is 24.7 Å². The Kier molecular flexibility index (Phi) is 3.33. The first kappa shape index (κ1) is 12.6. The average Bonchev–Trinajstić information content (AvgIpc) is 3.09. The lowest BCUT2D eigenvalue weighted by molar-refractivity contribution is 0.542. The van der Waals surface area contributed by atoms with Crippen molar-refractivity contribution in [1.29, 1.82) is 0 Å². The normalized spacial score (nSPS) is 12.5. The Morgan fingerprint density at radius 3 is 2.85 bits per heavy atom. The number of aromatic nitrogens is 5. The van der Waals surface area contributed by atoms with E-state index in [9.17, 15) is 0 Å². The second kappa shape index (κ2) is 5.28. The van der Waals surface area contributed by atoms with Crippen LogP contribution in [0.15, 0.2) is 42.9 Å². The number of pyridine rings is 1. The number of rotatable bonds is 4. The molecule has 0 amide bonds. The van der Waals surface area contributed by atoms with Crippen LogP contribution in [0.4, 0.5) is 0 Å². The van der Waals surface area contributed by atoms with Crippen LogP contribution in [0.1, 0.15) is 24.4 Å². The molecule has 20 heavy (non-hydrogen) atoms. The number of aryl methyl sites for hydroxylation is 1. The molecule has 102 valence electrons. The molecule has 3 rings (SSSR count). The van der Waals surface area contributed by atoms with Gasteiger partial charge < -0.3 is 4.57 Å². The molecule has 0 fully saturated rings. The fourth-order valence-corrected chi connectivity index (χ4v) is 2.34. The molecule has 0 aliphatic carbocycles. The fraction of sp³-hybridized carbons (Fsp3) is 0.267. The second-order valence-electron chi connectivity index (χ2n) is 4.97. The molecule has 0 aliphatic heterocycles. The largest absolute Gasteiger partial charge is 0.327 e. The maximum atomic E-state index is 4.43. The molecular weight excluding hydrogens is 250 g/mol. The van der Waals surface area contributed by atoms with Crippen LogP contribution in [0.25, 0.3) is 11.5 Å². The maximum Gasteiger partial charge on any atom is 0.158 e. The predicted molar refractivity (Wildman–Crippen MR) is 77.2 cm³/mol. The third-order valence-electron chi connectivity index (χ3n) is 3.30. The van der Waals surface area contributed by atoms with Crippen LogP contribution in [0, 0.1) is 6.92 Å². The minimum absolute atomic E-state index is 0.275. The van der Waals surface area contributed by atoms with E-state index in [1.165, 1.54) is 0 Å². The summed E-state index contributed by atoms with van der Waals surface area (Å²) in [5, 5.41) is 7.27. The summed E-state index contributed by atoms with van der Waals surface area (Å²) in [5.74, 6) is 0.894. The van der Waals surface area contributed by atoms with E-state index in [0.29, 0.717) is 0 Å². The molecule has 0 unspecified atom stereocenters. The highest BCUT2D eigenvalue weighted by Crippen LogP contribution is 2.21. The van der Waals surface area contributed by atoms with Gasteiger partial charge in [0, 0.05) is 36.7 Å². The van der Waals surface area contributed by atoms with Crippen LogP contribution in [-0.4, -0.2) is 24.7 Å². The molecule has 0 aliphatic rings. The number of H-pyrrole nitrogens is 1. The van der Waals surface area contributed by atoms with Gasteiger partial charge in [0.25, 0.3) is 0 Å². The SMILES string of the molecule is Cc1cc(C[C@@H](C)n2ccnc2-c2ccccn2)n[nH]1. The molecule has 5 nitrogen and oxygen atoms in total. The molecule has 1 atom stereocenters. The highest BCUT2D eigenvalue weighted by atomic mass is 15.1. The number of hydrogen-bond acceptors (Lipinski definition) is 3. The van der Waals surface area contributed by atoms with Gasteiger partial charge in [0.05, 0.1) is 5.69 Å². The monoisotopic (exact) mass is 267 g/mol. The van der Waals surface area contributed by atoms with Crippen molar-refractivity contribution < 1.29 is 0 Å². The molecule has 3 heterocycles. The average molecular weight is 267 g/mol. The van der Waals surface area contributed by atoms with E-state index in [2.05, 4.69) is 37.7 Å². The summed E-state index contributed by atoms with van der Waals surface area (Å²) in [4.78, 5) is 8.80. The lowest BCUT2D eigenvalue weighted by Crippen LogP contribution is -2.09. The van der Waals surface area contributed by atoms with Gasteiger partial charge >= 0.3 is 0 Å². The van der Waals surface area contributed by atoms with Crippen molar-refractivity contribution in [2.75, 3.05) is 0 Å². The first-order valence-electron chi connectivity index (χ1n) is 6.69. The van der Waals surface area contributed by atoms with Crippen molar-refractivity contribution in [2.24, 2.45) is 0 Å². The summed E-state index contributed by atoms with van der Waals surface area (Å²) in [6.45, 7) is 4.18. The van der Waals surface area contributed by atoms with Crippen LogP contribution in [0.5, 0.6) is 0 Å². The maximum absolute atomic E-state index is 4.43. The van der Waals surface area contributed by atoms with E-state index >= 15 is 0 Å². The lowest BCUT2D eigenvalue weighted by atomic mass is 10.1. The zero-order valence-corrected chi connectivity index (χ0v) is 11.6. The van der Waals surface area contributed by atoms with Crippen molar-refractivity contribution >= 4 is 0 Å². The van der Waals surface area contributed by atoms with Gasteiger partial charge in [0.1, 0.15) is 5.69 Å². The lowest BCUT2D eigenvalue weighted by Gasteiger charge is -2.14. The molecule has 0 saturated carbocycles. The van der Waals surface area contributed by atoms with Gasteiger partial charge in [-0.25, -0.2) is 4.98 Å². The van der Waals surface area contributed by atoms with E-state index in [1.807, 2.05) is 37.5 Å². The minimum atomic E-state index is 0.275. The molecule has 0 radical (unpaired) electrons. The number of imidazole rings is 1. The topological polar surface area (TPSA) is 59.4 Å². The summed E-state index contributed by atoms with van der Waals surface area (Å²) in [5.41, 5.74) is 3.04. The molecule has 5 heteroatoms. The summed E-state index contributed by atoms with van der Waals surface area (Å²) < 4.78 is 2.15. The van der Waals surface area contributed by atoms with E-state index in [0.717, 1.165) is 29.3 Å². The van der Waals surface area contributed by atoms with E-state index in [-0.39, 0.29) is 6.04 Å². The van der Waals surface area contributed by atoms with E-state index in [4.69, 9.17) is 0 Å². The summed E-state index contributed by atoms with van der Waals surface area (Å²) >= 11 is 0. The van der Waals surface area contributed by atoms with Crippen LogP contribution in [0.3, 0.4) is 0 Å². The Morgan fingerprint density at radius 1 is 1.25 bits per heavy atom. The Balaban J connectivity index is 1.86. The quantitative estimate of drug-likeness (QED) is 0.790. The minimum Gasteiger partial charge on any atom is -0.327 e. The zero-order valence-electron chi connectivity index (χ0n) is 11.6. The Hall–Kier alpha value is -2.43. The van der Waals surface area contributed by atoms with Gasteiger partial charge in [-0.1, -0.05) is 6.07 Å². The smallest absolute Gasteiger partial charge is 0.158 e. The van der Waals surface area contributed by atoms with Crippen molar-refractivity contribution in [2.45, 2.75) is 26.3 Å². The van der Waals surface area contributed by atoms with Gasteiger partial charge in [-0.2, -0.15) is 5.10 Å². The predicted octanol–water partition coefficient (Wildman–Crippen LogP) is 2.78. The third kappa shape index (κ3) is 2.47. The molecule has 0 aromatic carbocycles. The summed E-state index contributed by atoms with van der Waals surface area (Å²) in [6.07, 6.45) is 6.46. The highest BCUT2D eigenvalue weighted by Gasteiger charge is 2.14. The second-order valence-corrected chi connectivity index (χ2v) is 4.97. The highest BCUT2D eigenvalue weighted by molar-refractivity contribution is 5.49. The Morgan fingerprint density at radius 2 is 2.15 bits per heavy atom. The van der Waals surface area contributed by atoms with Gasteiger partial charge in [-0.3, -0.25) is 10.1 Å². The van der Waals surface area contributed by atoms with Crippen molar-refractivity contribution in [3.8, 4) is 11.5 Å². The van der Waals surface area contributed by atoms with Gasteiger partial charge in [-0.05, 0) is 32.0 Å². The molecule has 0 saturated heterocycles. The number of nitrogens with zero attached hydrogens (tertiary/aromatic N) is 4. The Bertz CT molecular complexity index is 683. The molecule has 0 spiro atoms. The molecular formula is C15H17N5. The molecule has 3 aromatic heterocycles. The zero-order chi connectivity index (χ0) is 13.9. The number of nitrogens with one attached hydrogen (secondary N) is 1. The molecule has 0 bridgehead atoms. The molecule has 1 N–H and O–H groups in total. The number of aromatic amines is 1. The van der Waals surface area contributed by atoms with E-state index in [1.54, 1.807) is 6.20 Å². The van der Waals surface area contributed by atoms with Gasteiger partial charge in [-0.15, -0.1) is 0 Å². The van der Waals surface area contributed by atoms with Crippen LogP contribution in [0.2, 0.25) is 0 Å². The van der Waals surface area contributed by atoms with Crippen molar-refractivity contribution in [3.05, 3.63) is 54.2 Å². The van der Waals surface area contributed by atoms with Gasteiger partial charge in [0.2, 0.25) is 0 Å². The fourth-order valence-electron chi connectivity index (χ4n) is 2.34. The van der Waals surface area contributed by atoms with Gasteiger partial charge in [0.15, 0.2) is 5.82 Å². The number of hydrogen-bond donors (Lipinski definition) is 1. The van der Waals surface area contributed by atoms with Crippen molar-refractivity contribution in [3.63, 3.8) is 0 Å².